The van der Waals surface area contributed by atoms with E-state index in [1.54, 1.807) is 0 Å². The fourth-order valence-corrected chi connectivity index (χ4v) is 2.09. The first-order chi connectivity index (χ1) is 9.91. The second-order valence-electron chi connectivity index (χ2n) is 4.67. The van der Waals surface area contributed by atoms with Crippen LogP contribution in [0.4, 0.5) is 23.7 Å². The van der Waals surface area contributed by atoms with E-state index in [1.165, 1.54) is 17.0 Å². The number of nitrogens with zero attached hydrogens (tertiary/aromatic N) is 1. The van der Waals surface area contributed by atoms with Crippen LogP contribution in [0.5, 0.6) is 0 Å². The number of hydrogen-bond donors (Lipinski definition) is 2. The fraction of sp³-hybridized carbons (Fsp3) is 0.462. The Morgan fingerprint density at radius 3 is 2.90 bits per heavy atom. The molecule has 0 aromatic heterocycles. The lowest BCUT2D eigenvalue weighted by Crippen LogP contribution is -2.53. The van der Waals surface area contributed by atoms with Crippen LogP contribution in [0.25, 0.3) is 0 Å². The predicted octanol–water partition coefficient (Wildman–Crippen LogP) is 1.90. The number of nitrogens with one attached hydrogen (secondary N) is 1. The number of rotatable bonds is 2. The van der Waals surface area contributed by atoms with E-state index in [2.05, 4.69) is 5.32 Å². The molecular formula is C13H16F3N3O2. The van der Waals surface area contributed by atoms with Gasteiger partial charge in [0.1, 0.15) is 0 Å². The summed E-state index contributed by atoms with van der Waals surface area (Å²) in [7, 11) is 0. The van der Waals surface area contributed by atoms with Crippen molar-refractivity contribution in [1.82, 2.24) is 4.90 Å². The zero-order valence-corrected chi connectivity index (χ0v) is 11.2. The van der Waals surface area contributed by atoms with Gasteiger partial charge in [-0.1, -0.05) is 6.07 Å². The Labute approximate surface area is 119 Å². The summed E-state index contributed by atoms with van der Waals surface area (Å²) in [6, 6.07) is 3.75. The molecule has 1 aliphatic heterocycles. The average molecular weight is 303 g/mol. The lowest BCUT2D eigenvalue weighted by Gasteiger charge is -2.34. The molecule has 1 aliphatic rings. The SMILES string of the molecule is NCC1COCCN1C(=O)Nc1cccc(C(F)(F)F)c1. The highest BCUT2D eigenvalue weighted by Crippen LogP contribution is 2.30. The van der Waals surface area contributed by atoms with Gasteiger partial charge in [0, 0.05) is 18.8 Å². The van der Waals surface area contributed by atoms with Gasteiger partial charge in [0.2, 0.25) is 0 Å². The van der Waals surface area contributed by atoms with Crippen LogP contribution in [0.15, 0.2) is 24.3 Å². The molecule has 116 valence electrons. The number of hydrogen-bond acceptors (Lipinski definition) is 3. The zero-order valence-electron chi connectivity index (χ0n) is 11.2. The highest BCUT2D eigenvalue weighted by Gasteiger charge is 2.31. The average Bonchev–Trinajstić information content (AvgIpc) is 2.46. The molecule has 0 bridgehead atoms. The summed E-state index contributed by atoms with van der Waals surface area (Å²) >= 11 is 0. The van der Waals surface area contributed by atoms with Gasteiger partial charge in [-0.05, 0) is 18.2 Å². The normalized spacial score (nSPS) is 19.4. The summed E-state index contributed by atoms with van der Waals surface area (Å²) < 4.78 is 43.1. The van der Waals surface area contributed by atoms with E-state index in [0.29, 0.717) is 19.8 Å². The summed E-state index contributed by atoms with van der Waals surface area (Å²) in [6.07, 6.45) is -4.44. The molecule has 1 aromatic rings. The summed E-state index contributed by atoms with van der Waals surface area (Å²) in [5, 5.41) is 2.46. The van der Waals surface area contributed by atoms with Gasteiger partial charge >= 0.3 is 12.2 Å². The van der Waals surface area contributed by atoms with Crippen molar-refractivity contribution in [1.29, 1.82) is 0 Å². The summed E-state index contributed by atoms with van der Waals surface area (Å²) in [4.78, 5) is 13.6. The van der Waals surface area contributed by atoms with Crippen molar-refractivity contribution in [3.63, 3.8) is 0 Å². The molecule has 1 aromatic carbocycles. The van der Waals surface area contributed by atoms with Crippen molar-refractivity contribution in [2.75, 3.05) is 31.6 Å². The highest BCUT2D eigenvalue weighted by atomic mass is 19.4. The summed E-state index contributed by atoms with van der Waals surface area (Å²) in [5.41, 5.74) is 4.84. The van der Waals surface area contributed by atoms with Crippen molar-refractivity contribution in [3.8, 4) is 0 Å². The first-order valence-corrected chi connectivity index (χ1v) is 6.44. The van der Waals surface area contributed by atoms with E-state index < -0.39 is 17.8 Å². The van der Waals surface area contributed by atoms with Crippen LogP contribution < -0.4 is 11.1 Å². The minimum Gasteiger partial charge on any atom is -0.377 e. The van der Waals surface area contributed by atoms with Crippen molar-refractivity contribution in [2.45, 2.75) is 12.2 Å². The van der Waals surface area contributed by atoms with Crippen LogP contribution in [-0.4, -0.2) is 43.3 Å². The Balaban J connectivity index is 2.08. The Morgan fingerprint density at radius 2 is 2.24 bits per heavy atom. The first-order valence-electron chi connectivity index (χ1n) is 6.44. The second kappa shape index (κ2) is 6.31. The summed E-state index contributed by atoms with van der Waals surface area (Å²) in [6.45, 7) is 1.29. The van der Waals surface area contributed by atoms with Gasteiger partial charge in [-0.3, -0.25) is 0 Å². The fourth-order valence-electron chi connectivity index (χ4n) is 2.09. The van der Waals surface area contributed by atoms with Crippen molar-refractivity contribution < 1.29 is 22.7 Å². The van der Waals surface area contributed by atoms with Gasteiger partial charge in [0.25, 0.3) is 0 Å². The molecule has 0 spiro atoms. The number of anilines is 1. The van der Waals surface area contributed by atoms with Crippen LogP contribution >= 0.6 is 0 Å². The molecule has 3 N–H and O–H groups in total. The number of carbonyl (C=O) groups excluding carboxylic acids is 1. The van der Waals surface area contributed by atoms with E-state index in [9.17, 15) is 18.0 Å². The number of ether oxygens (including phenoxy) is 1. The Hall–Kier alpha value is -1.80. The van der Waals surface area contributed by atoms with Gasteiger partial charge in [0.05, 0.1) is 24.8 Å². The molecule has 1 atom stereocenters. The molecular weight excluding hydrogens is 287 g/mol. The van der Waals surface area contributed by atoms with Gasteiger partial charge in [-0.15, -0.1) is 0 Å². The predicted molar refractivity (Wildman–Crippen MR) is 70.8 cm³/mol. The van der Waals surface area contributed by atoms with Crippen LogP contribution in [0, 0.1) is 0 Å². The van der Waals surface area contributed by atoms with Gasteiger partial charge in [-0.25, -0.2) is 4.79 Å². The Kier molecular flexibility index (Phi) is 4.69. The molecule has 2 amide bonds. The number of amides is 2. The van der Waals surface area contributed by atoms with Crippen LogP contribution in [0.1, 0.15) is 5.56 Å². The third kappa shape index (κ3) is 3.85. The quantitative estimate of drug-likeness (QED) is 0.877. The lowest BCUT2D eigenvalue weighted by atomic mass is 10.2. The second-order valence-corrected chi connectivity index (χ2v) is 4.67. The monoisotopic (exact) mass is 303 g/mol. The number of alkyl halides is 3. The number of benzene rings is 1. The third-order valence-electron chi connectivity index (χ3n) is 3.20. The highest BCUT2D eigenvalue weighted by molar-refractivity contribution is 5.89. The van der Waals surface area contributed by atoms with E-state index in [1.807, 2.05) is 0 Å². The van der Waals surface area contributed by atoms with Crippen LogP contribution in [0.3, 0.4) is 0 Å². The Morgan fingerprint density at radius 1 is 1.48 bits per heavy atom. The van der Waals surface area contributed by atoms with Gasteiger partial charge in [-0.2, -0.15) is 13.2 Å². The largest absolute Gasteiger partial charge is 0.416 e. The maximum absolute atomic E-state index is 12.6. The molecule has 0 radical (unpaired) electrons. The molecule has 1 saturated heterocycles. The molecule has 2 rings (SSSR count). The third-order valence-corrected chi connectivity index (χ3v) is 3.20. The maximum atomic E-state index is 12.6. The number of urea groups is 1. The molecule has 1 fully saturated rings. The molecule has 1 heterocycles. The molecule has 0 saturated carbocycles. The maximum Gasteiger partial charge on any atom is 0.416 e. The summed E-state index contributed by atoms with van der Waals surface area (Å²) in [5.74, 6) is 0. The molecule has 0 aliphatic carbocycles. The standard InChI is InChI=1S/C13H16F3N3O2/c14-13(15,16)9-2-1-3-10(6-9)18-12(20)19-4-5-21-8-11(19)7-17/h1-3,6,11H,4-5,7-8,17H2,(H,18,20). The van der Waals surface area contributed by atoms with E-state index in [-0.39, 0.29) is 18.3 Å². The number of morpholine rings is 1. The van der Waals surface area contributed by atoms with Crippen LogP contribution in [0.2, 0.25) is 0 Å². The van der Waals surface area contributed by atoms with Gasteiger partial charge in [0.15, 0.2) is 0 Å². The zero-order chi connectivity index (χ0) is 15.5. The number of carbonyl (C=O) groups is 1. The van der Waals surface area contributed by atoms with Crippen molar-refractivity contribution in [3.05, 3.63) is 29.8 Å². The minimum atomic E-state index is -4.44. The van der Waals surface area contributed by atoms with E-state index in [0.717, 1.165) is 12.1 Å². The molecule has 21 heavy (non-hydrogen) atoms. The van der Waals surface area contributed by atoms with Crippen molar-refractivity contribution in [2.24, 2.45) is 5.73 Å². The van der Waals surface area contributed by atoms with Gasteiger partial charge < -0.3 is 20.7 Å². The first kappa shape index (κ1) is 15.6. The number of halogens is 3. The topological polar surface area (TPSA) is 67.6 Å². The van der Waals surface area contributed by atoms with Crippen molar-refractivity contribution >= 4 is 11.7 Å². The minimum absolute atomic E-state index is 0.0945. The van der Waals surface area contributed by atoms with E-state index in [4.69, 9.17) is 10.5 Å². The Bertz CT molecular complexity index is 508. The number of nitrogens with two attached hydrogens (primary N) is 1. The molecule has 1 unspecified atom stereocenters. The van der Waals surface area contributed by atoms with E-state index >= 15 is 0 Å². The molecule has 5 nitrogen and oxygen atoms in total. The van der Waals surface area contributed by atoms with Crippen LogP contribution in [-0.2, 0) is 10.9 Å². The lowest BCUT2D eigenvalue weighted by molar-refractivity contribution is -0.137. The smallest absolute Gasteiger partial charge is 0.377 e. The molecule has 8 heteroatoms.